The topological polar surface area (TPSA) is 66.3 Å². The van der Waals surface area contributed by atoms with E-state index in [-0.39, 0.29) is 11.3 Å². The van der Waals surface area contributed by atoms with E-state index in [1.807, 2.05) is 6.07 Å². The molecule has 2 rings (SSSR count). The molecule has 5 nitrogen and oxygen atoms in total. The van der Waals surface area contributed by atoms with Crippen LogP contribution in [0.3, 0.4) is 0 Å². The highest BCUT2D eigenvalue weighted by Gasteiger charge is 2.25. The van der Waals surface area contributed by atoms with Gasteiger partial charge in [0.2, 0.25) is 0 Å². The molecule has 0 unspecified atom stereocenters. The van der Waals surface area contributed by atoms with Gasteiger partial charge in [0.25, 0.3) is 0 Å². The van der Waals surface area contributed by atoms with E-state index < -0.39 is 5.97 Å². The maximum atomic E-state index is 11.0. The molecule has 0 spiro atoms. The van der Waals surface area contributed by atoms with E-state index in [0.29, 0.717) is 12.8 Å². The maximum Gasteiger partial charge on any atom is 0.306 e. The second-order valence-electron chi connectivity index (χ2n) is 6.70. The lowest BCUT2D eigenvalue weighted by molar-refractivity contribution is -0.142. The van der Waals surface area contributed by atoms with Crippen molar-refractivity contribution in [3.05, 3.63) is 18.1 Å². The Kier molecular flexibility index (Phi) is 4.26. The van der Waals surface area contributed by atoms with Crippen molar-refractivity contribution in [2.24, 2.45) is 11.3 Å². The van der Waals surface area contributed by atoms with Gasteiger partial charge in [0, 0.05) is 24.8 Å². The highest BCUT2D eigenvalue weighted by molar-refractivity contribution is 5.70. The van der Waals surface area contributed by atoms with Gasteiger partial charge in [0.15, 0.2) is 0 Å². The van der Waals surface area contributed by atoms with Crippen LogP contribution in [-0.2, 0) is 11.2 Å². The highest BCUT2D eigenvalue weighted by atomic mass is 16.4. The molecule has 0 aliphatic carbocycles. The van der Waals surface area contributed by atoms with Crippen LogP contribution in [0.4, 0.5) is 5.82 Å². The summed E-state index contributed by atoms with van der Waals surface area (Å²) in [4.78, 5) is 21.8. The molecule has 0 aromatic carbocycles. The number of hydrogen-bond acceptors (Lipinski definition) is 4. The Balaban J connectivity index is 2.03. The fourth-order valence-corrected chi connectivity index (χ4v) is 2.55. The zero-order valence-electron chi connectivity index (χ0n) is 12.5. The van der Waals surface area contributed by atoms with Gasteiger partial charge in [0.1, 0.15) is 12.1 Å². The lowest BCUT2D eigenvalue weighted by Crippen LogP contribution is -2.36. The first-order chi connectivity index (χ1) is 9.35. The van der Waals surface area contributed by atoms with Gasteiger partial charge in [-0.05, 0) is 24.7 Å². The molecule has 1 aliphatic heterocycles. The summed E-state index contributed by atoms with van der Waals surface area (Å²) in [6, 6.07) is 2.03. The predicted molar refractivity (Wildman–Crippen MR) is 77.8 cm³/mol. The molecule has 0 bridgehead atoms. The highest BCUT2D eigenvalue weighted by Crippen LogP contribution is 2.24. The number of carboxylic acids is 1. The summed E-state index contributed by atoms with van der Waals surface area (Å²) < 4.78 is 0. The van der Waals surface area contributed by atoms with Gasteiger partial charge in [-0.15, -0.1) is 0 Å². The molecule has 1 N–H and O–H groups in total. The quantitative estimate of drug-likeness (QED) is 0.918. The van der Waals surface area contributed by atoms with Crippen LogP contribution in [0.15, 0.2) is 12.4 Å². The summed E-state index contributed by atoms with van der Waals surface area (Å²) in [5.41, 5.74) is 1.24. The number of hydrogen-bond donors (Lipinski definition) is 1. The Morgan fingerprint density at radius 2 is 2.00 bits per heavy atom. The summed E-state index contributed by atoms with van der Waals surface area (Å²) in [5.74, 6) is 0.0333. The predicted octanol–water partition coefficient (Wildman–Crippen LogP) is 2.37. The number of anilines is 1. The SMILES string of the molecule is CC(C)(C)Cc1cc(N2CCC(C(=O)O)CC2)ncn1. The lowest BCUT2D eigenvalue weighted by atomic mass is 9.90. The van der Waals surface area contributed by atoms with Crippen LogP contribution < -0.4 is 4.90 Å². The third kappa shape index (κ3) is 3.92. The van der Waals surface area contributed by atoms with Crippen LogP contribution in [0.2, 0.25) is 0 Å². The van der Waals surface area contributed by atoms with E-state index in [2.05, 4.69) is 35.6 Å². The standard InChI is InChI=1S/C15H23N3O2/c1-15(2,3)9-12-8-13(17-10-16-12)18-6-4-11(5-7-18)14(19)20/h8,10-11H,4-7,9H2,1-3H3,(H,19,20). The van der Waals surface area contributed by atoms with Gasteiger partial charge >= 0.3 is 5.97 Å². The van der Waals surface area contributed by atoms with Crippen LogP contribution in [-0.4, -0.2) is 34.1 Å². The molecule has 1 aromatic rings. The summed E-state index contributed by atoms with van der Waals surface area (Å²) in [6.07, 6.45) is 3.90. The van der Waals surface area contributed by atoms with Gasteiger partial charge in [-0.1, -0.05) is 20.8 Å². The maximum absolute atomic E-state index is 11.0. The number of piperidine rings is 1. The normalized spacial score (nSPS) is 17.2. The first kappa shape index (κ1) is 14.8. The van der Waals surface area contributed by atoms with Crippen LogP contribution in [0, 0.1) is 11.3 Å². The minimum atomic E-state index is -0.680. The molecule has 5 heteroatoms. The first-order valence-corrected chi connectivity index (χ1v) is 7.14. The monoisotopic (exact) mass is 277 g/mol. The van der Waals surface area contributed by atoms with Crippen molar-refractivity contribution in [2.45, 2.75) is 40.0 Å². The molecule has 0 saturated carbocycles. The summed E-state index contributed by atoms with van der Waals surface area (Å²) in [6.45, 7) is 8.07. The molecule has 2 heterocycles. The summed E-state index contributed by atoms with van der Waals surface area (Å²) in [5, 5.41) is 9.02. The van der Waals surface area contributed by atoms with Gasteiger partial charge in [0.05, 0.1) is 5.92 Å². The molecule has 110 valence electrons. The minimum Gasteiger partial charge on any atom is -0.481 e. The van der Waals surface area contributed by atoms with Crippen LogP contribution in [0.25, 0.3) is 0 Å². The van der Waals surface area contributed by atoms with Gasteiger partial charge in [-0.3, -0.25) is 4.79 Å². The molecule has 0 amide bonds. The summed E-state index contributed by atoms with van der Waals surface area (Å²) >= 11 is 0. The van der Waals surface area contributed by atoms with Crippen molar-refractivity contribution in [1.82, 2.24) is 9.97 Å². The number of aliphatic carboxylic acids is 1. The van der Waals surface area contributed by atoms with Crippen molar-refractivity contribution in [3.63, 3.8) is 0 Å². The van der Waals surface area contributed by atoms with Crippen molar-refractivity contribution < 1.29 is 9.90 Å². The third-order valence-corrected chi connectivity index (χ3v) is 3.59. The number of carbonyl (C=O) groups is 1. The number of aromatic nitrogens is 2. The molecular weight excluding hydrogens is 254 g/mol. The van der Waals surface area contributed by atoms with E-state index in [0.717, 1.165) is 31.0 Å². The van der Waals surface area contributed by atoms with Gasteiger partial charge in [-0.25, -0.2) is 9.97 Å². The fourth-order valence-electron chi connectivity index (χ4n) is 2.55. The first-order valence-electron chi connectivity index (χ1n) is 7.14. The average molecular weight is 277 g/mol. The largest absolute Gasteiger partial charge is 0.481 e. The van der Waals surface area contributed by atoms with Crippen molar-refractivity contribution in [1.29, 1.82) is 0 Å². The Bertz CT molecular complexity index is 474. The van der Waals surface area contributed by atoms with Crippen molar-refractivity contribution >= 4 is 11.8 Å². The Morgan fingerprint density at radius 3 is 2.55 bits per heavy atom. The minimum absolute atomic E-state index is 0.196. The van der Waals surface area contributed by atoms with Crippen LogP contribution in [0.1, 0.15) is 39.3 Å². The van der Waals surface area contributed by atoms with Crippen molar-refractivity contribution in [3.8, 4) is 0 Å². The average Bonchev–Trinajstić information content (AvgIpc) is 2.37. The fraction of sp³-hybridized carbons (Fsp3) is 0.667. The molecule has 1 fully saturated rings. The van der Waals surface area contributed by atoms with Gasteiger partial charge in [-0.2, -0.15) is 0 Å². The van der Waals surface area contributed by atoms with Crippen LogP contribution >= 0.6 is 0 Å². The second kappa shape index (κ2) is 5.77. The molecule has 20 heavy (non-hydrogen) atoms. The molecule has 0 radical (unpaired) electrons. The summed E-state index contributed by atoms with van der Waals surface area (Å²) in [7, 11) is 0. The number of rotatable bonds is 3. The molecule has 1 aliphatic rings. The number of carboxylic acid groups (broad SMARTS) is 1. The van der Waals surface area contributed by atoms with Crippen LogP contribution in [0.5, 0.6) is 0 Å². The second-order valence-corrected chi connectivity index (χ2v) is 6.70. The van der Waals surface area contributed by atoms with E-state index in [4.69, 9.17) is 5.11 Å². The zero-order valence-corrected chi connectivity index (χ0v) is 12.5. The van der Waals surface area contributed by atoms with Crippen molar-refractivity contribution in [2.75, 3.05) is 18.0 Å². The van der Waals surface area contributed by atoms with E-state index in [1.165, 1.54) is 0 Å². The van der Waals surface area contributed by atoms with E-state index in [9.17, 15) is 4.79 Å². The molecule has 1 aromatic heterocycles. The molecule has 0 atom stereocenters. The Hall–Kier alpha value is -1.65. The molecular formula is C15H23N3O2. The zero-order chi connectivity index (χ0) is 14.8. The lowest BCUT2D eigenvalue weighted by Gasteiger charge is -2.31. The van der Waals surface area contributed by atoms with E-state index >= 15 is 0 Å². The number of nitrogens with zero attached hydrogens (tertiary/aromatic N) is 3. The Morgan fingerprint density at radius 1 is 1.35 bits per heavy atom. The molecule has 1 saturated heterocycles. The Labute approximate surface area is 120 Å². The van der Waals surface area contributed by atoms with Gasteiger partial charge < -0.3 is 10.0 Å². The smallest absolute Gasteiger partial charge is 0.306 e. The van der Waals surface area contributed by atoms with E-state index in [1.54, 1.807) is 6.33 Å². The third-order valence-electron chi connectivity index (χ3n) is 3.59.